The molecule has 0 spiro atoms. The number of hydrogen-bond donors (Lipinski definition) is 2. The summed E-state index contributed by atoms with van der Waals surface area (Å²) in [6.45, 7) is 7.32. The lowest BCUT2D eigenvalue weighted by molar-refractivity contribution is -0.165. The SMILES string of the molecule is CC[Si](CC)(CC)c1cc(CCNC(=O)C2CN(S(C)(=O)=O)CCN2O)co1. The predicted octanol–water partition coefficient (Wildman–Crippen LogP) is 0.989. The lowest BCUT2D eigenvalue weighted by Crippen LogP contribution is -2.58. The third-order valence-electron chi connectivity index (χ3n) is 6.01. The first-order valence-corrected chi connectivity index (χ1v) is 14.4. The fraction of sp³-hybridized carbons (Fsp3) is 0.722. The Balaban J connectivity index is 1.92. The number of furan rings is 1. The van der Waals surface area contributed by atoms with Crippen molar-refractivity contribution >= 4 is 29.4 Å². The summed E-state index contributed by atoms with van der Waals surface area (Å²) < 4.78 is 30.5. The van der Waals surface area contributed by atoms with Crippen LogP contribution < -0.4 is 10.7 Å². The molecule has 8 nitrogen and oxygen atoms in total. The fourth-order valence-electron chi connectivity index (χ4n) is 3.77. The zero-order valence-electron chi connectivity index (χ0n) is 17.3. The van der Waals surface area contributed by atoms with Crippen molar-refractivity contribution in [2.45, 2.75) is 51.4 Å². The van der Waals surface area contributed by atoms with Crippen molar-refractivity contribution in [1.82, 2.24) is 14.7 Å². The Kier molecular flexibility index (Phi) is 7.86. The van der Waals surface area contributed by atoms with Crippen LogP contribution in [-0.2, 0) is 21.2 Å². The maximum Gasteiger partial charge on any atom is 0.241 e. The molecule has 1 aliphatic rings. The van der Waals surface area contributed by atoms with Crippen molar-refractivity contribution in [3.63, 3.8) is 0 Å². The highest BCUT2D eigenvalue weighted by molar-refractivity contribution is 7.88. The Bertz CT molecular complexity index is 755. The number of carbonyl (C=O) groups excluding carboxylic acids is 1. The van der Waals surface area contributed by atoms with E-state index in [1.807, 2.05) is 0 Å². The van der Waals surface area contributed by atoms with Gasteiger partial charge in [0.25, 0.3) is 0 Å². The van der Waals surface area contributed by atoms with Gasteiger partial charge in [-0.3, -0.25) is 4.79 Å². The Morgan fingerprint density at radius 2 is 1.93 bits per heavy atom. The van der Waals surface area contributed by atoms with Crippen LogP contribution in [0, 0.1) is 0 Å². The molecule has 28 heavy (non-hydrogen) atoms. The van der Waals surface area contributed by atoms with Crippen LogP contribution in [0.3, 0.4) is 0 Å². The normalized spacial score (nSPS) is 19.7. The molecule has 1 unspecified atom stereocenters. The predicted molar refractivity (Wildman–Crippen MR) is 111 cm³/mol. The first-order chi connectivity index (χ1) is 13.2. The number of piperazine rings is 1. The van der Waals surface area contributed by atoms with E-state index < -0.39 is 24.1 Å². The van der Waals surface area contributed by atoms with Gasteiger partial charge in [0.05, 0.1) is 17.9 Å². The molecule has 0 bridgehead atoms. The number of carbonyl (C=O) groups is 1. The first-order valence-electron chi connectivity index (χ1n) is 9.93. The Morgan fingerprint density at radius 3 is 2.50 bits per heavy atom. The second-order valence-corrected chi connectivity index (χ2v) is 14.7. The monoisotopic (exact) mass is 431 g/mol. The second kappa shape index (κ2) is 9.53. The van der Waals surface area contributed by atoms with E-state index in [0.29, 0.717) is 13.0 Å². The molecule has 2 rings (SSSR count). The number of hydroxylamine groups is 2. The molecule has 1 aromatic rings. The van der Waals surface area contributed by atoms with E-state index in [9.17, 15) is 18.4 Å². The molecule has 1 amide bonds. The minimum atomic E-state index is -3.39. The van der Waals surface area contributed by atoms with Crippen LogP contribution in [0.4, 0.5) is 0 Å². The molecule has 1 aromatic heterocycles. The van der Waals surface area contributed by atoms with Crippen molar-refractivity contribution in [3.05, 3.63) is 17.9 Å². The van der Waals surface area contributed by atoms with Crippen molar-refractivity contribution in [2.24, 2.45) is 0 Å². The minimum Gasteiger partial charge on any atom is -0.474 e. The van der Waals surface area contributed by atoms with Crippen LogP contribution in [0.1, 0.15) is 26.3 Å². The topological polar surface area (TPSA) is 103 Å². The molecule has 0 saturated carbocycles. The molecule has 10 heteroatoms. The lowest BCUT2D eigenvalue weighted by atomic mass is 10.2. The molecule has 1 atom stereocenters. The smallest absolute Gasteiger partial charge is 0.241 e. The van der Waals surface area contributed by atoms with Gasteiger partial charge >= 0.3 is 0 Å². The number of nitrogens with zero attached hydrogens (tertiary/aromatic N) is 2. The van der Waals surface area contributed by atoms with Gasteiger partial charge in [0.1, 0.15) is 14.1 Å². The molecular formula is C18H33N3O5SSi. The lowest BCUT2D eigenvalue weighted by Gasteiger charge is -2.35. The van der Waals surface area contributed by atoms with Gasteiger partial charge in [-0.15, -0.1) is 0 Å². The average Bonchev–Trinajstić information content (AvgIpc) is 3.12. The molecule has 0 radical (unpaired) electrons. The number of rotatable bonds is 9. The summed E-state index contributed by atoms with van der Waals surface area (Å²) in [7, 11) is -4.94. The quantitative estimate of drug-likeness (QED) is 0.565. The molecule has 2 heterocycles. The zero-order chi connectivity index (χ0) is 20.9. The fourth-order valence-corrected chi connectivity index (χ4v) is 7.94. The van der Waals surface area contributed by atoms with Crippen LogP contribution >= 0.6 is 0 Å². The second-order valence-electron chi connectivity index (χ2n) is 7.50. The molecule has 1 fully saturated rings. The average molecular weight is 432 g/mol. The van der Waals surface area contributed by atoms with E-state index in [1.54, 1.807) is 6.26 Å². The summed E-state index contributed by atoms with van der Waals surface area (Å²) in [6, 6.07) is 4.67. The van der Waals surface area contributed by atoms with E-state index in [2.05, 4.69) is 32.2 Å². The standard InChI is InChI=1S/C18H33N3O5SSi/c1-5-28(6-2,7-3)17-12-15(14-26-17)8-9-19-18(22)16-13-20(27(4,24)25)10-11-21(16)23/h12,14,16,23H,5-11,13H2,1-4H3,(H,19,22). The van der Waals surface area contributed by atoms with Gasteiger partial charge < -0.3 is 14.9 Å². The summed E-state index contributed by atoms with van der Waals surface area (Å²) in [6.07, 6.45) is 3.51. The van der Waals surface area contributed by atoms with Crippen molar-refractivity contribution in [2.75, 3.05) is 32.4 Å². The Morgan fingerprint density at radius 1 is 1.29 bits per heavy atom. The maximum absolute atomic E-state index is 12.4. The molecule has 0 aromatic carbocycles. The molecule has 1 saturated heterocycles. The third kappa shape index (κ3) is 5.23. The van der Waals surface area contributed by atoms with Gasteiger partial charge in [-0.25, -0.2) is 8.42 Å². The van der Waals surface area contributed by atoms with Gasteiger partial charge in [-0.1, -0.05) is 38.9 Å². The van der Waals surface area contributed by atoms with E-state index in [0.717, 1.165) is 40.4 Å². The molecular weight excluding hydrogens is 398 g/mol. The van der Waals surface area contributed by atoms with Crippen LogP contribution in [0.25, 0.3) is 0 Å². The zero-order valence-corrected chi connectivity index (χ0v) is 19.1. The van der Waals surface area contributed by atoms with Gasteiger partial charge in [0.2, 0.25) is 15.9 Å². The van der Waals surface area contributed by atoms with E-state index >= 15 is 0 Å². The van der Waals surface area contributed by atoms with E-state index in [1.165, 1.54) is 4.31 Å². The van der Waals surface area contributed by atoms with Gasteiger partial charge in [-0.05, 0) is 18.1 Å². The molecule has 160 valence electrons. The van der Waals surface area contributed by atoms with Gasteiger partial charge in [0.15, 0.2) is 0 Å². The van der Waals surface area contributed by atoms with E-state index in [4.69, 9.17) is 4.42 Å². The minimum absolute atomic E-state index is 0.0470. The summed E-state index contributed by atoms with van der Waals surface area (Å²) in [5.74, 6) is -0.376. The van der Waals surface area contributed by atoms with Crippen molar-refractivity contribution in [3.8, 4) is 0 Å². The highest BCUT2D eigenvalue weighted by Gasteiger charge is 2.35. The Labute approximate surface area is 168 Å². The first kappa shape index (κ1) is 23.1. The number of amides is 1. The van der Waals surface area contributed by atoms with Crippen LogP contribution in [0.2, 0.25) is 18.1 Å². The number of hydrogen-bond acceptors (Lipinski definition) is 6. The summed E-state index contributed by atoms with van der Waals surface area (Å²) in [5, 5.41) is 14.8. The van der Waals surface area contributed by atoms with Crippen molar-refractivity contribution in [1.29, 1.82) is 0 Å². The van der Waals surface area contributed by atoms with Crippen LogP contribution in [0.5, 0.6) is 0 Å². The van der Waals surface area contributed by atoms with E-state index in [-0.39, 0.29) is 25.5 Å². The molecule has 2 N–H and O–H groups in total. The number of nitrogens with one attached hydrogen (secondary N) is 1. The Hall–Kier alpha value is -1.20. The van der Waals surface area contributed by atoms with Gasteiger partial charge in [-0.2, -0.15) is 9.37 Å². The van der Waals surface area contributed by atoms with Crippen LogP contribution in [0.15, 0.2) is 16.7 Å². The summed E-state index contributed by atoms with van der Waals surface area (Å²) >= 11 is 0. The summed E-state index contributed by atoms with van der Waals surface area (Å²) in [5.41, 5.74) is 1.05. The molecule has 1 aliphatic heterocycles. The molecule has 0 aliphatic carbocycles. The maximum atomic E-state index is 12.4. The highest BCUT2D eigenvalue weighted by Crippen LogP contribution is 2.21. The largest absolute Gasteiger partial charge is 0.474 e. The highest BCUT2D eigenvalue weighted by atomic mass is 32.2. The van der Waals surface area contributed by atoms with Crippen molar-refractivity contribution < 1.29 is 22.8 Å². The summed E-state index contributed by atoms with van der Waals surface area (Å²) in [4.78, 5) is 12.4. The third-order valence-corrected chi connectivity index (χ3v) is 12.6. The van der Waals surface area contributed by atoms with Gasteiger partial charge in [0, 0.05) is 26.2 Å². The van der Waals surface area contributed by atoms with Crippen LogP contribution in [-0.4, -0.2) is 75.5 Å². The number of sulfonamides is 1.